The van der Waals surface area contributed by atoms with Crippen LogP contribution < -0.4 is 10.1 Å². The smallest absolute Gasteiger partial charge is 0.311 e. The summed E-state index contributed by atoms with van der Waals surface area (Å²) in [5, 5.41) is 5.00. The second kappa shape index (κ2) is 11.0. The van der Waals surface area contributed by atoms with E-state index < -0.39 is 0 Å². The van der Waals surface area contributed by atoms with Gasteiger partial charge in [-0.3, -0.25) is 9.59 Å². The number of nitrogens with one attached hydrogen (secondary N) is 1. The Morgan fingerprint density at radius 3 is 2.55 bits per heavy atom. The van der Waals surface area contributed by atoms with E-state index in [-0.39, 0.29) is 23.7 Å². The third-order valence-corrected chi connectivity index (χ3v) is 5.57. The van der Waals surface area contributed by atoms with Gasteiger partial charge in [0.2, 0.25) is 5.91 Å². The number of rotatable bonds is 11. The summed E-state index contributed by atoms with van der Waals surface area (Å²) in [5.74, 6) is 0.370. The molecule has 0 saturated heterocycles. The van der Waals surface area contributed by atoms with Gasteiger partial charge in [0, 0.05) is 11.8 Å². The van der Waals surface area contributed by atoms with Crippen molar-refractivity contribution in [2.45, 2.75) is 58.8 Å². The van der Waals surface area contributed by atoms with E-state index in [0.717, 1.165) is 12.2 Å². The fraction of sp³-hybridized carbons (Fsp3) is 0.500. The van der Waals surface area contributed by atoms with Crippen molar-refractivity contribution < 1.29 is 19.1 Å². The molecule has 0 atom stereocenters. The normalized spacial score (nSPS) is 11.2. The molecule has 2 rings (SSSR count). The number of hydrogen-bond donors (Lipinski definition) is 1. The minimum atomic E-state index is -0.320. The topological polar surface area (TPSA) is 77.5 Å². The van der Waals surface area contributed by atoms with Crippen LogP contribution in [0, 0.1) is 0 Å². The third-order valence-electron chi connectivity index (χ3n) is 4.77. The predicted octanol–water partition coefficient (Wildman–Crippen LogP) is 4.73. The van der Waals surface area contributed by atoms with Crippen LogP contribution in [0.4, 0.5) is 5.13 Å². The molecular weight excluding hydrogens is 388 g/mol. The van der Waals surface area contributed by atoms with E-state index in [4.69, 9.17) is 9.47 Å². The van der Waals surface area contributed by atoms with Gasteiger partial charge >= 0.3 is 5.97 Å². The summed E-state index contributed by atoms with van der Waals surface area (Å²) in [6.07, 6.45) is 2.14. The van der Waals surface area contributed by atoms with Crippen LogP contribution in [-0.2, 0) is 26.2 Å². The Balaban J connectivity index is 1.70. The van der Waals surface area contributed by atoms with E-state index in [1.165, 1.54) is 16.9 Å². The van der Waals surface area contributed by atoms with E-state index in [0.29, 0.717) is 36.9 Å². The predicted molar refractivity (Wildman–Crippen MR) is 116 cm³/mol. The van der Waals surface area contributed by atoms with Gasteiger partial charge < -0.3 is 14.8 Å². The minimum absolute atomic E-state index is 0.113. The van der Waals surface area contributed by atoms with Crippen molar-refractivity contribution >= 4 is 28.3 Å². The molecule has 29 heavy (non-hydrogen) atoms. The van der Waals surface area contributed by atoms with E-state index in [2.05, 4.69) is 43.2 Å². The van der Waals surface area contributed by atoms with Crippen molar-refractivity contribution in [2.75, 3.05) is 18.5 Å². The number of anilines is 1. The molecule has 158 valence electrons. The standard InChI is InChI=1S/C22H30N2O4S/c1-5-22(3,4)16-9-11-18(12-10-16)28-13-7-8-19(25)24-21-23-17(15-29-21)14-20(26)27-6-2/h9-12,15H,5-8,13-14H2,1-4H3,(H,23,24,25). The van der Waals surface area contributed by atoms with E-state index in [1.807, 2.05) is 12.1 Å². The highest BCUT2D eigenvalue weighted by Gasteiger charge is 2.17. The number of esters is 1. The molecule has 0 bridgehead atoms. The molecule has 7 heteroatoms. The van der Waals surface area contributed by atoms with Crippen LogP contribution >= 0.6 is 11.3 Å². The zero-order valence-electron chi connectivity index (χ0n) is 17.6. The number of aromatic nitrogens is 1. The molecule has 1 aromatic heterocycles. The van der Waals surface area contributed by atoms with Gasteiger partial charge in [0.1, 0.15) is 5.75 Å². The molecule has 0 radical (unpaired) electrons. The van der Waals surface area contributed by atoms with Crippen LogP contribution in [0.3, 0.4) is 0 Å². The highest BCUT2D eigenvalue weighted by Crippen LogP contribution is 2.28. The van der Waals surface area contributed by atoms with Crippen molar-refractivity contribution in [1.29, 1.82) is 0 Å². The lowest BCUT2D eigenvalue weighted by Gasteiger charge is -2.23. The Labute approximate surface area is 176 Å². The van der Waals surface area contributed by atoms with Crippen molar-refractivity contribution in [3.8, 4) is 5.75 Å². The minimum Gasteiger partial charge on any atom is -0.494 e. The number of benzene rings is 1. The van der Waals surface area contributed by atoms with Gasteiger partial charge in [0.25, 0.3) is 0 Å². The number of thiazole rings is 1. The monoisotopic (exact) mass is 418 g/mol. The Morgan fingerprint density at radius 2 is 1.90 bits per heavy atom. The second-order valence-corrected chi connectivity index (χ2v) is 8.25. The van der Waals surface area contributed by atoms with Crippen molar-refractivity contribution in [2.24, 2.45) is 0 Å². The van der Waals surface area contributed by atoms with Gasteiger partial charge in [0.15, 0.2) is 5.13 Å². The molecule has 1 N–H and O–H groups in total. The molecule has 2 aromatic rings. The maximum atomic E-state index is 12.1. The molecule has 0 aliphatic carbocycles. The van der Waals surface area contributed by atoms with Crippen molar-refractivity contribution in [1.82, 2.24) is 4.98 Å². The summed E-state index contributed by atoms with van der Waals surface area (Å²) in [6, 6.07) is 8.16. The first-order chi connectivity index (χ1) is 13.8. The van der Waals surface area contributed by atoms with Crippen molar-refractivity contribution in [3.05, 3.63) is 40.9 Å². The largest absolute Gasteiger partial charge is 0.494 e. The Kier molecular flexibility index (Phi) is 8.64. The summed E-state index contributed by atoms with van der Waals surface area (Å²) in [6.45, 7) is 9.21. The first-order valence-corrected chi connectivity index (χ1v) is 10.8. The highest BCUT2D eigenvalue weighted by atomic mass is 32.1. The average Bonchev–Trinajstić information content (AvgIpc) is 3.12. The van der Waals surface area contributed by atoms with Crippen molar-refractivity contribution in [3.63, 3.8) is 0 Å². The molecule has 0 aliphatic heterocycles. The molecule has 1 amide bonds. The van der Waals surface area contributed by atoms with Crippen LogP contribution in [0.2, 0.25) is 0 Å². The molecule has 0 spiro atoms. The van der Waals surface area contributed by atoms with Crippen LogP contribution in [0.15, 0.2) is 29.6 Å². The number of hydrogen-bond acceptors (Lipinski definition) is 6. The second-order valence-electron chi connectivity index (χ2n) is 7.39. The van der Waals surface area contributed by atoms with Crippen LogP contribution in [0.25, 0.3) is 0 Å². The molecule has 6 nitrogen and oxygen atoms in total. The van der Waals surface area contributed by atoms with E-state index in [9.17, 15) is 9.59 Å². The lowest BCUT2D eigenvalue weighted by molar-refractivity contribution is -0.142. The highest BCUT2D eigenvalue weighted by molar-refractivity contribution is 7.13. The zero-order valence-corrected chi connectivity index (χ0v) is 18.4. The molecule has 1 heterocycles. The number of amides is 1. The average molecular weight is 419 g/mol. The summed E-state index contributed by atoms with van der Waals surface area (Å²) in [4.78, 5) is 27.8. The summed E-state index contributed by atoms with van der Waals surface area (Å²) >= 11 is 1.30. The molecule has 0 fully saturated rings. The Morgan fingerprint density at radius 1 is 1.17 bits per heavy atom. The van der Waals surface area contributed by atoms with Gasteiger partial charge in [-0.1, -0.05) is 32.9 Å². The molecule has 0 aliphatic rings. The summed E-state index contributed by atoms with van der Waals surface area (Å²) in [7, 11) is 0. The van der Waals surface area contributed by atoms with Gasteiger partial charge in [-0.05, 0) is 42.9 Å². The fourth-order valence-electron chi connectivity index (χ4n) is 2.62. The maximum absolute atomic E-state index is 12.1. The number of carbonyl (C=O) groups excluding carboxylic acids is 2. The third kappa shape index (κ3) is 7.49. The number of carbonyl (C=O) groups is 2. The zero-order chi connectivity index (χ0) is 21.3. The molecule has 0 unspecified atom stereocenters. The summed E-state index contributed by atoms with van der Waals surface area (Å²) < 4.78 is 10.6. The first kappa shape index (κ1) is 22.9. The lowest BCUT2D eigenvalue weighted by atomic mass is 9.82. The number of ether oxygens (including phenoxy) is 2. The molecule has 1 aromatic carbocycles. The van der Waals surface area contributed by atoms with Crippen LogP contribution in [-0.4, -0.2) is 30.1 Å². The quantitative estimate of drug-likeness (QED) is 0.421. The van der Waals surface area contributed by atoms with Gasteiger partial charge in [-0.15, -0.1) is 11.3 Å². The maximum Gasteiger partial charge on any atom is 0.311 e. The van der Waals surface area contributed by atoms with E-state index >= 15 is 0 Å². The Bertz CT molecular complexity index is 799. The fourth-order valence-corrected chi connectivity index (χ4v) is 3.34. The molecular formula is C22H30N2O4S. The lowest BCUT2D eigenvalue weighted by Crippen LogP contribution is -2.15. The van der Waals surface area contributed by atoms with Crippen LogP contribution in [0.1, 0.15) is 58.2 Å². The van der Waals surface area contributed by atoms with Gasteiger partial charge in [0.05, 0.1) is 25.3 Å². The molecule has 0 saturated carbocycles. The van der Waals surface area contributed by atoms with E-state index in [1.54, 1.807) is 12.3 Å². The van der Waals surface area contributed by atoms with Gasteiger partial charge in [-0.2, -0.15) is 0 Å². The summed E-state index contributed by atoms with van der Waals surface area (Å²) in [5.41, 5.74) is 2.04. The SMILES string of the molecule is CCOC(=O)Cc1csc(NC(=O)CCCOc2ccc(C(C)(C)CC)cc2)n1. The Hall–Kier alpha value is -2.41. The number of nitrogens with zero attached hydrogens (tertiary/aromatic N) is 1. The van der Waals surface area contributed by atoms with Crippen LogP contribution in [0.5, 0.6) is 5.75 Å². The van der Waals surface area contributed by atoms with Gasteiger partial charge in [-0.25, -0.2) is 4.98 Å². The first-order valence-electron chi connectivity index (χ1n) is 9.97.